The number of halogens is 2. The summed E-state index contributed by atoms with van der Waals surface area (Å²) in [7, 11) is 0. The van der Waals surface area contributed by atoms with Gasteiger partial charge in [-0.15, -0.1) is 0 Å². The molecule has 0 aliphatic carbocycles. The van der Waals surface area contributed by atoms with E-state index in [0.29, 0.717) is 17.8 Å². The molecule has 0 spiro atoms. The highest BCUT2D eigenvalue weighted by Crippen LogP contribution is 2.25. The van der Waals surface area contributed by atoms with Crippen molar-refractivity contribution >= 4 is 5.91 Å². The van der Waals surface area contributed by atoms with Gasteiger partial charge in [0.1, 0.15) is 0 Å². The zero-order valence-corrected chi connectivity index (χ0v) is 11.8. The summed E-state index contributed by atoms with van der Waals surface area (Å²) in [6.07, 6.45) is 7.80. The SMILES string of the molecule is O=C(c1ccn(C(F)F)n1)N1CCCC(c2cnccn2)C1. The van der Waals surface area contributed by atoms with Gasteiger partial charge in [-0.2, -0.15) is 13.9 Å². The first-order valence-electron chi connectivity index (χ1n) is 7.03. The van der Waals surface area contributed by atoms with Gasteiger partial charge in [-0.05, 0) is 18.9 Å². The molecule has 116 valence electrons. The lowest BCUT2D eigenvalue weighted by Gasteiger charge is -2.31. The number of carbonyl (C=O) groups is 1. The van der Waals surface area contributed by atoms with Crippen molar-refractivity contribution in [3.05, 3.63) is 42.2 Å². The summed E-state index contributed by atoms with van der Waals surface area (Å²) < 4.78 is 25.5. The Morgan fingerprint density at radius 3 is 2.91 bits per heavy atom. The van der Waals surface area contributed by atoms with Crippen LogP contribution in [-0.4, -0.2) is 43.6 Å². The molecule has 6 nitrogen and oxygen atoms in total. The van der Waals surface area contributed by atoms with E-state index in [2.05, 4.69) is 15.1 Å². The van der Waals surface area contributed by atoms with E-state index in [-0.39, 0.29) is 17.5 Å². The Labute approximate surface area is 125 Å². The quantitative estimate of drug-likeness (QED) is 0.871. The molecule has 22 heavy (non-hydrogen) atoms. The number of hydrogen-bond acceptors (Lipinski definition) is 4. The third kappa shape index (κ3) is 2.95. The number of aromatic nitrogens is 4. The molecule has 1 saturated heterocycles. The van der Waals surface area contributed by atoms with Crippen LogP contribution in [0, 0.1) is 0 Å². The largest absolute Gasteiger partial charge is 0.337 e. The van der Waals surface area contributed by atoms with E-state index in [1.54, 1.807) is 23.5 Å². The van der Waals surface area contributed by atoms with Crippen molar-refractivity contribution in [1.82, 2.24) is 24.6 Å². The topological polar surface area (TPSA) is 63.9 Å². The lowest BCUT2D eigenvalue weighted by Crippen LogP contribution is -2.39. The molecule has 1 unspecified atom stereocenters. The molecule has 0 N–H and O–H groups in total. The first-order valence-corrected chi connectivity index (χ1v) is 7.03. The van der Waals surface area contributed by atoms with E-state index in [4.69, 9.17) is 0 Å². The van der Waals surface area contributed by atoms with E-state index in [9.17, 15) is 13.6 Å². The highest BCUT2D eigenvalue weighted by molar-refractivity contribution is 5.92. The number of nitrogens with zero attached hydrogens (tertiary/aromatic N) is 5. The number of alkyl halides is 2. The molecule has 2 aromatic rings. The fraction of sp³-hybridized carbons (Fsp3) is 0.429. The number of carbonyl (C=O) groups excluding carboxylic acids is 1. The van der Waals surface area contributed by atoms with Crippen molar-refractivity contribution in [2.75, 3.05) is 13.1 Å². The minimum absolute atomic E-state index is 0.0418. The maximum absolute atomic E-state index is 12.5. The van der Waals surface area contributed by atoms with Crippen LogP contribution in [0.1, 0.15) is 41.5 Å². The summed E-state index contributed by atoms with van der Waals surface area (Å²) >= 11 is 0. The molecule has 1 amide bonds. The zero-order chi connectivity index (χ0) is 15.5. The fourth-order valence-corrected chi connectivity index (χ4v) is 2.65. The smallest absolute Gasteiger partial charge is 0.333 e. The van der Waals surface area contributed by atoms with Crippen molar-refractivity contribution in [3.63, 3.8) is 0 Å². The van der Waals surface area contributed by atoms with Gasteiger partial charge in [0.2, 0.25) is 0 Å². The minimum Gasteiger partial charge on any atom is -0.337 e. The van der Waals surface area contributed by atoms with Crippen LogP contribution in [0.2, 0.25) is 0 Å². The normalized spacial score (nSPS) is 18.7. The molecule has 1 fully saturated rings. The third-order valence-electron chi connectivity index (χ3n) is 3.74. The molecular formula is C14H15F2N5O. The molecule has 1 aliphatic heterocycles. The number of piperidine rings is 1. The maximum Gasteiger partial charge on any atom is 0.333 e. The van der Waals surface area contributed by atoms with Crippen molar-refractivity contribution in [1.29, 1.82) is 0 Å². The maximum atomic E-state index is 12.5. The Morgan fingerprint density at radius 2 is 2.23 bits per heavy atom. The Balaban J connectivity index is 1.72. The average Bonchev–Trinajstić information content (AvgIpc) is 3.05. The number of hydrogen-bond donors (Lipinski definition) is 0. The van der Waals surface area contributed by atoms with Crippen molar-refractivity contribution in [2.45, 2.75) is 25.3 Å². The van der Waals surface area contributed by atoms with E-state index >= 15 is 0 Å². The van der Waals surface area contributed by atoms with Crippen LogP contribution < -0.4 is 0 Å². The van der Waals surface area contributed by atoms with Crippen molar-refractivity contribution in [2.24, 2.45) is 0 Å². The second-order valence-electron chi connectivity index (χ2n) is 5.18. The van der Waals surface area contributed by atoms with Gasteiger partial charge >= 0.3 is 6.55 Å². The lowest BCUT2D eigenvalue weighted by molar-refractivity contribution is 0.0546. The summed E-state index contributed by atoms with van der Waals surface area (Å²) in [5.74, 6) is -0.212. The second-order valence-corrected chi connectivity index (χ2v) is 5.18. The van der Waals surface area contributed by atoms with Crippen LogP contribution in [0.25, 0.3) is 0 Å². The van der Waals surface area contributed by atoms with Crippen LogP contribution in [-0.2, 0) is 0 Å². The van der Waals surface area contributed by atoms with Gasteiger partial charge < -0.3 is 4.90 Å². The molecule has 3 heterocycles. The minimum atomic E-state index is -2.74. The van der Waals surface area contributed by atoms with E-state index < -0.39 is 6.55 Å². The average molecular weight is 307 g/mol. The van der Waals surface area contributed by atoms with Gasteiger partial charge in [-0.1, -0.05) is 0 Å². The molecule has 3 rings (SSSR count). The van der Waals surface area contributed by atoms with Crippen LogP contribution in [0.15, 0.2) is 30.9 Å². The molecule has 0 aromatic carbocycles. The van der Waals surface area contributed by atoms with Gasteiger partial charge in [-0.3, -0.25) is 14.8 Å². The second kappa shape index (κ2) is 6.17. The van der Waals surface area contributed by atoms with Gasteiger partial charge in [0.15, 0.2) is 5.69 Å². The van der Waals surface area contributed by atoms with Gasteiger partial charge in [0.25, 0.3) is 5.91 Å². The molecule has 0 radical (unpaired) electrons. The summed E-state index contributed by atoms with van der Waals surface area (Å²) in [4.78, 5) is 22.3. The van der Waals surface area contributed by atoms with Crippen molar-refractivity contribution < 1.29 is 13.6 Å². The number of rotatable bonds is 3. The summed E-state index contributed by atoms with van der Waals surface area (Å²) in [5.41, 5.74) is 0.887. The van der Waals surface area contributed by atoms with Crippen molar-refractivity contribution in [3.8, 4) is 0 Å². The van der Waals surface area contributed by atoms with Gasteiger partial charge in [0, 0.05) is 43.8 Å². The zero-order valence-electron chi connectivity index (χ0n) is 11.8. The Kier molecular flexibility index (Phi) is 4.08. The third-order valence-corrected chi connectivity index (χ3v) is 3.74. The standard InChI is InChI=1S/C14H15F2N5O/c15-14(16)21-7-3-11(19-21)13(22)20-6-1-2-10(9-20)12-8-17-4-5-18-12/h3-5,7-8,10,14H,1-2,6,9H2. The molecular weight excluding hydrogens is 292 g/mol. The first-order chi connectivity index (χ1) is 10.6. The predicted octanol–water partition coefficient (Wildman–Crippen LogP) is 2.09. The van der Waals surface area contributed by atoms with Crippen LogP contribution in [0.5, 0.6) is 0 Å². The highest BCUT2D eigenvalue weighted by Gasteiger charge is 2.27. The number of amides is 1. The van der Waals surface area contributed by atoms with Gasteiger partial charge in [0.05, 0.1) is 5.69 Å². The molecule has 0 saturated carbocycles. The Bertz CT molecular complexity index is 646. The Morgan fingerprint density at radius 1 is 1.36 bits per heavy atom. The summed E-state index contributed by atoms with van der Waals surface area (Å²) in [6, 6.07) is 1.32. The fourth-order valence-electron chi connectivity index (χ4n) is 2.65. The molecule has 8 heteroatoms. The monoisotopic (exact) mass is 307 g/mol. The predicted molar refractivity (Wildman–Crippen MR) is 73.4 cm³/mol. The Hall–Kier alpha value is -2.38. The molecule has 1 aliphatic rings. The van der Waals surface area contributed by atoms with E-state index in [0.717, 1.165) is 24.7 Å². The van der Waals surface area contributed by atoms with Crippen LogP contribution in [0.4, 0.5) is 8.78 Å². The van der Waals surface area contributed by atoms with Gasteiger partial charge in [-0.25, -0.2) is 4.68 Å². The molecule has 1 atom stereocenters. The van der Waals surface area contributed by atoms with Crippen LogP contribution >= 0.6 is 0 Å². The van der Waals surface area contributed by atoms with E-state index in [1.807, 2.05) is 0 Å². The molecule has 0 bridgehead atoms. The molecule has 2 aromatic heterocycles. The number of likely N-dealkylation sites (tertiary alicyclic amines) is 1. The highest BCUT2D eigenvalue weighted by atomic mass is 19.3. The first kappa shape index (κ1) is 14.6. The van der Waals surface area contributed by atoms with E-state index in [1.165, 1.54) is 6.07 Å². The lowest BCUT2D eigenvalue weighted by atomic mass is 9.95. The summed E-state index contributed by atoms with van der Waals surface area (Å²) in [5, 5.41) is 3.63. The van der Waals surface area contributed by atoms with Crippen LogP contribution in [0.3, 0.4) is 0 Å². The summed E-state index contributed by atoms with van der Waals surface area (Å²) in [6.45, 7) is -1.65.